The van der Waals surface area contributed by atoms with E-state index in [1.807, 2.05) is 39.0 Å². The quantitative estimate of drug-likeness (QED) is 0.894. The molecule has 106 valence electrons. The molecule has 2 aliphatic rings. The molecule has 20 heavy (non-hydrogen) atoms. The van der Waals surface area contributed by atoms with Crippen molar-refractivity contribution in [2.75, 3.05) is 11.4 Å². The Balaban J connectivity index is 1.97. The van der Waals surface area contributed by atoms with Crippen molar-refractivity contribution in [3.63, 3.8) is 0 Å². The summed E-state index contributed by atoms with van der Waals surface area (Å²) in [6.45, 7) is 6.04. The number of hydrogen-bond acceptors (Lipinski definition) is 2. The number of anilines is 1. The lowest BCUT2D eigenvalue weighted by atomic mass is 9.91. The Hall–Kier alpha value is -1.84. The highest BCUT2D eigenvalue weighted by Crippen LogP contribution is 2.42. The third-order valence-electron chi connectivity index (χ3n) is 4.59. The first kappa shape index (κ1) is 13.2. The summed E-state index contributed by atoms with van der Waals surface area (Å²) in [7, 11) is 0. The second-order valence-corrected chi connectivity index (χ2v) is 6.18. The molecular weight excluding hydrogens is 252 g/mol. The highest BCUT2D eigenvalue weighted by Gasteiger charge is 2.52. The third-order valence-corrected chi connectivity index (χ3v) is 4.59. The normalized spacial score (nSPS) is 26.6. The molecule has 0 spiro atoms. The van der Waals surface area contributed by atoms with Crippen molar-refractivity contribution in [2.45, 2.75) is 39.2 Å². The molecule has 1 heterocycles. The van der Waals surface area contributed by atoms with E-state index >= 15 is 0 Å². The van der Waals surface area contributed by atoms with Crippen molar-refractivity contribution in [3.05, 3.63) is 29.3 Å². The molecule has 1 saturated carbocycles. The molecule has 1 aromatic carbocycles. The van der Waals surface area contributed by atoms with Crippen LogP contribution in [-0.4, -0.2) is 23.9 Å². The van der Waals surface area contributed by atoms with E-state index in [0.29, 0.717) is 0 Å². The monoisotopic (exact) mass is 272 g/mol. The molecule has 1 unspecified atom stereocenters. The van der Waals surface area contributed by atoms with E-state index in [0.717, 1.165) is 24.1 Å². The Morgan fingerprint density at radius 3 is 2.50 bits per heavy atom. The second kappa shape index (κ2) is 4.33. The maximum Gasteiger partial charge on any atom is 0.253 e. The number of nitrogens with zero attached hydrogens (tertiary/aromatic N) is 1. The van der Waals surface area contributed by atoms with Crippen LogP contribution in [-0.2, 0) is 9.59 Å². The van der Waals surface area contributed by atoms with Gasteiger partial charge in [0.15, 0.2) is 0 Å². The van der Waals surface area contributed by atoms with Gasteiger partial charge in [-0.15, -0.1) is 0 Å². The minimum atomic E-state index is -0.728. The van der Waals surface area contributed by atoms with Gasteiger partial charge in [-0.05, 0) is 62.8 Å². The molecule has 0 aromatic heterocycles. The van der Waals surface area contributed by atoms with E-state index in [1.54, 1.807) is 4.90 Å². The van der Waals surface area contributed by atoms with Crippen LogP contribution in [0.25, 0.3) is 0 Å². The van der Waals surface area contributed by atoms with Gasteiger partial charge < -0.3 is 10.2 Å². The maximum atomic E-state index is 12.8. The van der Waals surface area contributed by atoms with Gasteiger partial charge in [0.1, 0.15) is 12.1 Å². The van der Waals surface area contributed by atoms with Crippen molar-refractivity contribution >= 4 is 17.5 Å². The first-order valence-corrected chi connectivity index (χ1v) is 7.12. The highest BCUT2D eigenvalue weighted by atomic mass is 16.2. The second-order valence-electron chi connectivity index (χ2n) is 6.18. The van der Waals surface area contributed by atoms with E-state index in [1.165, 1.54) is 5.56 Å². The summed E-state index contributed by atoms with van der Waals surface area (Å²) in [5.41, 5.74) is 2.41. The summed E-state index contributed by atoms with van der Waals surface area (Å²) in [4.78, 5) is 26.4. The summed E-state index contributed by atoms with van der Waals surface area (Å²) < 4.78 is 0. The molecule has 1 aromatic rings. The SMILES string of the molecule is Cc1ccc(N2CC(=O)NC(C)(C3CC3)C2=O)cc1C. The zero-order valence-electron chi connectivity index (χ0n) is 12.2. The third kappa shape index (κ3) is 1.99. The van der Waals surface area contributed by atoms with Gasteiger partial charge in [-0.25, -0.2) is 0 Å². The van der Waals surface area contributed by atoms with Crippen molar-refractivity contribution in [1.82, 2.24) is 5.32 Å². The molecule has 1 N–H and O–H groups in total. The first-order valence-electron chi connectivity index (χ1n) is 7.12. The number of carbonyl (C=O) groups excluding carboxylic acids is 2. The lowest BCUT2D eigenvalue weighted by Gasteiger charge is -2.40. The van der Waals surface area contributed by atoms with Gasteiger partial charge in [-0.2, -0.15) is 0 Å². The Morgan fingerprint density at radius 2 is 1.90 bits per heavy atom. The molecule has 3 rings (SSSR count). The molecule has 4 heteroatoms. The van der Waals surface area contributed by atoms with Gasteiger partial charge in [0, 0.05) is 5.69 Å². The van der Waals surface area contributed by atoms with Gasteiger partial charge in [0.2, 0.25) is 5.91 Å². The van der Waals surface area contributed by atoms with E-state index in [9.17, 15) is 9.59 Å². The maximum absolute atomic E-state index is 12.8. The Labute approximate surface area is 119 Å². The van der Waals surface area contributed by atoms with Crippen LogP contribution in [0.4, 0.5) is 5.69 Å². The summed E-state index contributed by atoms with van der Waals surface area (Å²) in [5.74, 6) is 0.230. The summed E-state index contributed by atoms with van der Waals surface area (Å²) in [5, 5.41) is 2.90. The summed E-state index contributed by atoms with van der Waals surface area (Å²) in [6, 6.07) is 5.91. The van der Waals surface area contributed by atoms with E-state index < -0.39 is 5.54 Å². The minimum absolute atomic E-state index is 0.0165. The average Bonchev–Trinajstić information content (AvgIpc) is 3.22. The van der Waals surface area contributed by atoms with Crippen LogP contribution in [0.2, 0.25) is 0 Å². The number of piperazine rings is 1. The van der Waals surface area contributed by atoms with Gasteiger partial charge >= 0.3 is 0 Å². The van der Waals surface area contributed by atoms with Crippen molar-refractivity contribution < 1.29 is 9.59 Å². The number of hydrogen-bond donors (Lipinski definition) is 1. The van der Waals surface area contributed by atoms with Gasteiger partial charge in [0.05, 0.1) is 0 Å². The fourth-order valence-electron chi connectivity index (χ4n) is 2.92. The predicted molar refractivity (Wildman–Crippen MR) is 77.5 cm³/mol. The molecular formula is C16H20N2O2. The van der Waals surface area contributed by atoms with Crippen LogP contribution in [0.5, 0.6) is 0 Å². The predicted octanol–water partition coefficient (Wildman–Crippen LogP) is 1.93. The van der Waals surface area contributed by atoms with Gasteiger partial charge in [-0.3, -0.25) is 9.59 Å². The van der Waals surface area contributed by atoms with Crippen LogP contribution >= 0.6 is 0 Å². The van der Waals surface area contributed by atoms with Crippen molar-refractivity contribution in [1.29, 1.82) is 0 Å². The molecule has 0 radical (unpaired) electrons. The molecule has 0 bridgehead atoms. The number of nitrogens with one attached hydrogen (secondary N) is 1. The van der Waals surface area contributed by atoms with Gasteiger partial charge in [0.25, 0.3) is 5.91 Å². The number of aryl methyl sites for hydroxylation is 2. The zero-order chi connectivity index (χ0) is 14.5. The highest BCUT2D eigenvalue weighted by molar-refractivity contribution is 6.09. The molecule has 1 aliphatic carbocycles. The standard InChI is InChI=1S/C16H20N2O2/c1-10-4-7-13(8-11(10)2)18-9-14(19)17-16(3,15(18)20)12-5-6-12/h4,7-8,12H,5-6,9H2,1-3H3,(H,17,19). The van der Waals surface area contributed by atoms with Crippen LogP contribution in [0.3, 0.4) is 0 Å². The zero-order valence-corrected chi connectivity index (χ0v) is 12.2. The summed E-state index contributed by atoms with van der Waals surface area (Å²) in [6.07, 6.45) is 2.03. The van der Waals surface area contributed by atoms with Crippen LogP contribution in [0, 0.1) is 19.8 Å². The van der Waals surface area contributed by atoms with Crippen molar-refractivity contribution in [2.24, 2.45) is 5.92 Å². The number of carbonyl (C=O) groups is 2. The smallest absolute Gasteiger partial charge is 0.253 e. The molecule has 2 amide bonds. The Kier molecular flexibility index (Phi) is 2.85. The Bertz CT molecular complexity index is 592. The number of rotatable bonds is 2. The number of benzene rings is 1. The molecule has 2 fully saturated rings. The fraction of sp³-hybridized carbons (Fsp3) is 0.500. The fourth-order valence-corrected chi connectivity index (χ4v) is 2.92. The largest absolute Gasteiger partial charge is 0.340 e. The number of amides is 2. The van der Waals surface area contributed by atoms with Gasteiger partial charge in [-0.1, -0.05) is 6.07 Å². The lowest BCUT2D eigenvalue weighted by Crippen LogP contribution is -2.66. The first-order chi connectivity index (χ1) is 9.41. The van der Waals surface area contributed by atoms with Crippen LogP contribution in [0.1, 0.15) is 30.9 Å². The molecule has 1 atom stereocenters. The lowest BCUT2D eigenvalue weighted by molar-refractivity contribution is -0.136. The van der Waals surface area contributed by atoms with E-state index in [2.05, 4.69) is 5.32 Å². The minimum Gasteiger partial charge on any atom is -0.340 e. The van der Waals surface area contributed by atoms with Crippen LogP contribution < -0.4 is 10.2 Å². The molecule has 1 aliphatic heterocycles. The van der Waals surface area contributed by atoms with Crippen molar-refractivity contribution in [3.8, 4) is 0 Å². The summed E-state index contributed by atoms with van der Waals surface area (Å²) >= 11 is 0. The Morgan fingerprint density at radius 1 is 1.20 bits per heavy atom. The molecule has 4 nitrogen and oxygen atoms in total. The molecule has 1 saturated heterocycles. The average molecular weight is 272 g/mol. The topological polar surface area (TPSA) is 49.4 Å². The van der Waals surface area contributed by atoms with Crippen LogP contribution in [0.15, 0.2) is 18.2 Å². The van der Waals surface area contributed by atoms with E-state index in [-0.39, 0.29) is 24.3 Å². The van der Waals surface area contributed by atoms with E-state index in [4.69, 9.17) is 0 Å².